The molecule has 5 heteroatoms. The van der Waals surface area contributed by atoms with Crippen molar-refractivity contribution in [2.75, 3.05) is 5.32 Å². The molecule has 0 bridgehead atoms. The third-order valence-electron chi connectivity index (χ3n) is 3.27. The Morgan fingerprint density at radius 2 is 1.76 bits per heavy atom. The third kappa shape index (κ3) is 2.89. The van der Waals surface area contributed by atoms with E-state index in [4.69, 9.17) is 23.2 Å². The molecule has 0 aliphatic heterocycles. The van der Waals surface area contributed by atoms with E-state index in [0.29, 0.717) is 21.3 Å². The molecule has 1 N–H and O–H groups in total. The molecule has 0 spiro atoms. The zero-order chi connectivity index (χ0) is 15.0. The van der Waals surface area contributed by atoms with Gasteiger partial charge in [-0.2, -0.15) is 0 Å². The molecule has 0 fully saturated rings. The zero-order valence-corrected chi connectivity index (χ0v) is 12.7. The quantitative estimate of drug-likeness (QED) is 0.727. The zero-order valence-electron chi connectivity index (χ0n) is 11.2. The molecule has 21 heavy (non-hydrogen) atoms. The normalized spacial score (nSPS) is 10.8. The largest absolute Gasteiger partial charge is 0.351 e. The first-order chi connectivity index (χ1) is 10.0. The lowest BCUT2D eigenvalue weighted by molar-refractivity contribution is 0.102. The van der Waals surface area contributed by atoms with Crippen LogP contribution in [-0.2, 0) is 7.05 Å². The van der Waals surface area contributed by atoms with Crippen molar-refractivity contribution in [2.24, 2.45) is 7.05 Å². The van der Waals surface area contributed by atoms with Gasteiger partial charge in [0.1, 0.15) is 0 Å². The van der Waals surface area contributed by atoms with Gasteiger partial charge in [0.25, 0.3) is 5.91 Å². The molecule has 3 aromatic rings. The predicted octanol–water partition coefficient (Wildman–Crippen LogP) is 4.74. The Labute approximate surface area is 132 Å². The molecule has 1 heterocycles. The molecule has 0 atom stereocenters. The van der Waals surface area contributed by atoms with Crippen molar-refractivity contribution in [1.29, 1.82) is 0 Å². The highest BCUT2D eigenvalue weighted by molar-refractivity contribution is 6.35. The molecule has 0 saturated heterocycles. The van der Waals surface area contributed by atoms with E-state index >= 15 is 0 Å². The van der Waals surface area contributed by atoms with Crippen LogP contribution in [0.15, 0.2) is 48.7 Å². The summed E-state index contributed by atoms with van der Waals surface area (Å²) in [7, 11) is 1.95. The van der Waals surface area contributed by atoms with Crippen molar-refractivity contribution in [3.63, 3.8) is 0 Å². The SMILES string of the molecule is Cn1ccc2ccc(C(=O)Nc3cc(Cl)cc(Cl)c3)cc21. The summed E-state index contributed by atoms with van der Waals surface area (Å²) in [6.45, 7) is 0. The molecule has 0 radical (unpaired) electrons. The monoisotopic (exact) mass is 318 g/mol. The first-order valence-electron chi connectivity index (χ1n) is 6.35. The molecular formula is C16H12Cl2N2O. The second-order valence-electron chi connectivity index (χ2n) is 4.81. The van der Waals surface area contributed by atoms with Gasteiger partial charge in [0.15, 0.2) is 0 Å². The molecule has 3 nitrogen and oxygen atoms in total. The molecule has 0 aliphatic rings. The highest BCUT2D eigenvalue weighted by atomic mass is 35.5. The first-order valence-corrected chi connectivity index (χ1v) is 7.11. The standard InChI is InChI=1S/C16H12Cl2N2O/c1-20-5-4-10-2-3-11(6-15(10)20)16(21)19-14-8-12(17)7-13(18)9-14/h2-9H,1H3,(H,19,21). The molecule has 2 aromatic carbocycles. The van der Waals surface area contributed by atoms with Crippen molar-refractivity contribution in [3.05, 3.63) is 64.3 Å². The van der Waals surface area contributed by atoms with Crippen molar-refractivity contribution < 1.29 is 4.79 Å². The smallest absolute Gasteiger partial charge is 0.255 e. The lowest BCUT2D eigenvalue weighted by atomic mass is 10.1. The van der Waals surface area contributed by atoms with Gasteiger partial charge < -0.3 is 9.88 Å². The predicted molar refractivity (Wildman–Crippen MR) is 87.3 cm³/mol. The van der Waals surface area contributed by atoms with E-state index in [1.807, 2.05) is 36.0 Å². The van der Waals surface area contributed by atoms with Crippen LogP contribution in [0.25, 0.3) is 10.9 Å². The Morgan fingerprint density at radius 3 is 2.48 bits per heavy atom. The summed E-state index contributed by atoms with van der Waals surface area (Å²) in [5.41, 5.74) is 2.16. The van der Waals surface area contributed by atoms with Crippen LogP contribution >= 0.6 is 23.2 Å². The maximum absolute atomic E-state index is 12.3. The first kappa shape index (κ1) is 14.0. The highest BCUT2D eigenvalue weighted by Gasteiger charge is 2.09. The van der Waals surface area contributed by atoms with Crippen LogP contribution in [-0.4, -0.2) is 10.5 Å². The summed E-state index contributed by atoms with van der Waals surface area (Å²) in [5, 5.41) is 4.86. The number of hydrogen-bond acceptors (Lipinski definition) is 1. The fourth-order valence-corrected chi connectivity index (χ4v) is 2.76. The number of nitrogens with zero attached hydrogens (tertiary/aromatic N) is 1. The fraction of sp³-hybridized carbons (Fsp3) is 0.0625. The van der Waals surface area contributed by atoms with Gasteiger partial charge in [0.2, 0.25) is 0 Å². The van der Waals surface area contributed by atoms with Crippen LogP contribution in [0.2, 0.25) is 10.0 Å². The molecule has 1 aromatic heterocycles. The van der Waals surface area contributed by atoms with Crippen LogP contribution in [0, 0.1) is 0 Å². The topological polar surface area (TPSA) is 34.0 Å². The van der Waals surface area contributed by atoms with Crippen LogP contribution in [0.1, 0.15) is 10.4 Å². The lowest BCUT2D eigenvalue weighted by Crippen LogP contribution is -2.11. The Morgan fingerprint density at radius 1 is 1.05 bits per heavy atom. The number of nitrogens with one attached hydrogen (secondary N) is 1. The van der Waals surface area contributed by atoms with Gasteiger partial charge >= 0.3 is 0 Å². The number of amides is 1. The summed E-state index contributed by atoms with van der Waals surface area (Å²) in [5.74, 6) is -0.198. The summed E-state index contributed by atoms with van der Waals surface area (Å²) < 4.78 is 1.97. The molecule has 106 valence electrons. The minimum Gasteiger partial charge on any atom is -0.351 e. The fourth-order valence-electron chi connectivity index (χ4n) is 2.23. The van der Waals surface area contributed by atoms with Gasteiger partial charge in [0.05, 0.1) is 0 Å². The van der Waals surface area contributed by atoms with Gasteiger partial charge in [-0.15, -0.1) is 0 Å². The Hall–Kier alpha value is -1.97. The second-order valence-corrected chi connectivity index (χ2v) is 5.69. The maximum Gasteiger partial charge on any atom is 0.255 e. The van der Waals surface area contributed by atoms with Crippen molar-refractivity contribution in [1.82, 2.24) is 4.57 Å². The van der Waals surface area contributed by atoms with E-state index in [0.717, 1.165) is 10.9 Å². The van der Waals surface area contributed by atoms with Gasteiger partial charge in [0, 0.05) is 40.1 Å². The molecule has 0 aliphatic carbocycles. The van der Waals surface area contributed by atoms with Crippen LogP contribution in [0.4, 0.5) is 5.69 Å². The van der Waals surface area contributed by atoms with Crippen LogP contribution in [0.3, 0.4) is 0 Å². The van der Waals surface area contributed by atoms with Crippen molar-refractivity contribution >= 4 is 45.7 Å². The van der Waals surface area contributed by atoms with Crippen molar-refractivity contribution in [2.45, 2.75) is 0 Å². The molecule has 0 unspecified atom stereocenters. The number of fused-ring (bicyclic) bond motifs is 1. The average Bonchev–Trinajstić information content (AvgIpc) is 2.79. The highest BCUT2D eigenvalue weighted by Crippen LogP contribution is 2.23. The minimum atomic E-state index is -0.198. The minimum absolute atomic E-state index is 0.198. The number of hydrogen-bond donors (Lipinski definition) is 1. The van der Waals surface area contributed by atoms with E-state index in [2.05, 4.69) is 5.32 Å². The third-order valence-corrected chi connectivity index (χ3v) is 3.71. The van der Waals surface area contributed by atoms with Gasteiger partial charge in [-0.1, -0.05) is 29.3 Å². The number of rotatable bonds is 2. The number of halogens is 2. The van der Waals surface area contributed by atoms with Gasteiger partial charge in [-0.25, -0.2) is 0 Å². The van der Waals surface area contributed by atoms with E-state index in [9.17, 15) is 4.79 Å². The number of aryl methyl sites for hydroxylation is 1. The van der Waals surface area contributed by atoms with E-state index in [1.165, 1.54) is 0 Å². The molecule has 3 rings (SSSR count). The van der Waals surface area contributed by atoms with E-state index < -0.39 is 0 Å². The number of aromatic nitrogens is 1. The summed E-state index contributed by atoms with van der Waals surface area (Å²) in [4.78, 5) is 12.3. The maximum atomic E-state index is 12.3. The number of carbonyl (C=O) groups excluding carboxylic acids is 1. The van der Waals surface area contributed by atoms with E-state index in [-0.39, 0.29) is 5.91 Å². The van der Waals surface area contributed by atoms with E-state index in [1.54, 1.807) is 24.3 Å². The second kappa shape index (κ2) is 5.43. The van der Waals surface area contributed by atoms with Crippen LogP contribution < -0.4 is 5.32 Å². The Bertz CT molecular complexity index is 819. The Kier molecular flexibility index (Phi) is 3.62. The summed E-state index contributed by atoms with van der Waals surface area (Å²) >= 11 is 11.8. The van der Waals surface area contributed by atoms with Gasteiger partial charge in [-0.3, -0.25) is 4.79 Å². The summed E-state index contributed by atoms with van der Waals surface area (Å²) in [6.07, 6.45) is 1.96. The number of benzene rings is 2. The van der Waals surface area contributed by atoms with Crippen molar-refractivity contribution in [3.8, 4) is 0 Å². The number of anilines is 1. The summed E-state index contributed by atoms with van der Waals surface area (Å²) in [6, 6.07) is 12.5. The van der Waals surface area contributed by atoms with Crippen LogP contribution in [0.5, 0.6) is 0 Å². The average molecular weight is 319 g/mol. The molecule has 1 amide bonds. The Balaban J connectivity index is 1.91. The molecular weight excluding hydrogens is 307 g/mol. The van der Waals surface area contributed by atoms with Gasteiger partial charge in [-0.05, 0) is 41.8 Å². The molecule has 0 saturated carbocycles. The lowest BCUT2D eigenvalue weighted by Gasteiger charge is -2.07. The number of carbonyl (C=O) groups is 1.